The molecule has 0 aromatic heterocycles. The van der Waals surface area contributed by atoms with Gasteiger partial charge in [0.05, 0.1) is 6.61 Å². The van der Waals surface area contributed by atoms with E-state index in [0.717, 1.165) is 36.8 Å². The maximum atomic E-state index is 12.1. The molecule has 0 aliphatic carbocycles. The number of halogens is 1. The maximum absolute atomic E-state index is 12.1. The monoisotopic (exact) mass is 344 g/mol. The normalized spacial score (nSPS) is 17.4. The van der Waals surface area contributed by atoms with Crippen LogP contribution in [0.3, 0.4) is 0 Å². The second-order valence-electron chi connectivity index (χ2n) is 5.26. The molecule has 124 valence electrons. The second kappa shape index (κ2) is 10.8. The number of carbonyl (C=O) groups excluding carboxylic acids is 1. The Labute approximate surface area is 143 Å². The quantitative estimate of drug-likeness (QED) is 0.771. The Balaban J connectivity index is 0.00000242. The molecule has 1 N–H and O–H groups in total. The number of benzene rings is 1. The van der Waals surface area contributed by atoms with E-state index in [1.165, 1.54) is 0 Å². The smallest absolute Gasteiger partial charge is 0.223 e. The molecule has 1 aliphatic heterocycles. The molecule has 1 heterocycles. The van der Waals surface area contributed by atoms with Crippen LogP contribution in [0.4, 0.5) is 0 Å². The van der Waals surface area contributed by atoms with Crippen molar-refractivity contribution in [2.24, 2.45) is 0 Å². The first-order chi connectivity index (χ1) is 10.3. The van der Waals surface area contributed by atoms with Gasteiger partial charge in [0, 0.05) is 44.1 Å². The molecule has 1 saturated heterocycles. The molecule has 1 unspecified atom stereocenters. The summed E-state index contributed by atoms with van der Waals surface area (Å²) in [5, 5.41) is 3.40. The Morgan fingerprint density at radius 3 is 2.86 bits per heavy atom. The van der Waals surface area contributed by atoms with Gasteiger partial charge in [-0.3, -0.25) is 4.79 Å². The number of para-hydroxylation sites is 1. The van der Waals surface area contributed by atoms with E-state index in [-0.39, 0.29) is 18.3 Å². The van der Waals surface area contributed by atoms with Crippen molar-refractivity contribution in [2.45, 2.75) is 18.9 Å². The van der Waals surface area contributed by atoms with Crippen LogP contribution in [0.5, 0.6) is 5.75 Å². The molecule has 1 aliphatic rings. The molecule has 2 rings (SSSR count). The van der Waals surface area contributed by atoms with Crippen LogP contribution in [0.1, 0.15) is 12.8 Å². The van der Waals surface area contributed by atoms with Gasteiger partial charge in [-0.25, -0.2) is 0 Å². The van der Waals surface area contributed by atoms with Crippen LogP contribution >= 0.6 is 24.2 Å². The zero-order chi connectivity index (χ0) is 14.9. The minimum Gasteiger partial charge on any atom is -0.494 e. The number of amides is 1. The van der Waals surface area contributed by atoms with E-state index in [9.17, 15) is 4.79 Å². The van der Waals surface area contributed by atoms with Crippen molar-refractivity contribution in [3.05, 3.63) is 30.3 Å². The first kappa shape index (κ1) is 19.1. The summed E-state index contributed by atoms with van der Waals surface area (Å²) in [6, 6.07) is 10.1. The van der Waals surface area contributed by atoms with Gasteiger partial charge in [0.2, 0.25) is 5.91 Å². The van der Waals surface area contributed by atoms with E-state index < -0.39 is 0 Å². The van der Waals surface area contributed by atoms with Crippen molar-refractivity contribution in [3.8, 4) is 5.75 Å². The van der Waals surface area contributed by atoms with Gasteiger partial charge in [-0.1, -0.05) is 18.2 Å². The second-order valence-corrected chi connectivity index (χ2v) is 6.41. The summed E-state index contributed by atoms with van der Waals surface area (Å²) < 4.78 is 5.63. The minimum atomic E-state index is 0. The number of carbonyl (C=O) groups is 1. The van der Waals surface area contributed by atoms with Crippen LogP contribution in [-0.4, -0.2) is 55.1 Å². The van der Waals surface area contributed by atoms with Crippen molar-refractivity contribution in [3.63, 3.8) is 0 Å². The highest BCUT2D eigenvalue weighted by atomic mass is 35.5. The van der Waals surface area contributed by atoms with Gasteiger partial charge in [0.25, 0.3) is 0 Å². The number of rotatable bonds is 7. The maximum Gasteiger partial charge on any atom is 0.223 e. The van der Waals surface area contributed by atoms with Gasteiger partial charge >= 0.3 is 0 Å². The van der Waals surface area contributed by atoms with Crippen LogP contribution < -0.4 is 10.1 Å². The number of hydrogen-bond acceptors (Lipinski definition) is 4. The van der Waals surface area contributed by atoms with Gasteiger partial charge < -0.3 is 15.0 Å². The predicted molar refractivity (Wildman–Crippen MR) is 95.2 cm³/mol. The van der Waals surface area contributed by atoms with Crippen molar-refractivity contribution >= 4 is 30.1 Å². The van der Waals surface area contributed by atoms with E-state index in [0.29, 0.717) is 19.1 Å². The third-order valence-corrected chi connectivity index (χ3v) is 4.63. The first-order valence-electron chi connectivity index (χ1n) is 7.48. The summed E-state index contributed by atoms with van der Waals surface area (Å²) in [7, 11) is 1.88. The molecule has 0 spiro atoms. The molecular formula is C16H25ClN2O2S. The minimum absolute atomic E-state index is 0. The molecule has 1 aromatic rings. The SMILES string of the molecule is CN(CCCOc1ccccc1)C(=O)CC1CSCCN1.Cl. The fraction of sp³-hybridized carbons (Fsp3) is 0.562. The average Bonchev–Trinajstić information content (AvgIpc) is 2.53. The number of nitrogens with zero attached hydrogens (tertiary/aromatic N) is 1. The van der Waals surface area contributed by atoms with Crippen molar-refractivity contribution in [1.82, 2.24) is 10.2 Å². The summed E-state index contributed by atoms with van der Waals surface area (Å²) in [5.74, 6) is 3.29. The molecule has 1 amide bonds. The molecule has 1 atom stereocenters. The number of ether oxygens (including phenoxy) is 1. The van der Waals surface area contributed by atoms with Gasteiger partial charge in [-0.15, -0.1) is 12.4 Å². The van der Waals surface area contributed by atoms with E-state index in [1.807, 2.05) is 54.0 Å². The Hall–Kier alpha value is -0.910. The highest BCUT2D eigenvalue weighted by Gasteiger charge is 2.18. The lowest BCUT2D eigenvalue weighted by Crippen LogP contribution is -2.42. The molecule has 6 heteroatoms. The summed E-state index contributed by atoms with van der Waals surface area (Å²) in [6.07, 6.45) is 1.45. The van der Waals surface area contributed by atoms with Crippen LogP contribution in [0.2, 0.25) is 0 Å². The summed E-state index contributed by atoms with van der Waals surface area (Å²) in [5.41, 5.74) is 0. The number of nitrogens with one attached hydrogen (secondary N) is 1. The fourth-order valence-corrected chi connectivity index (χ4v) is 3.20. The highest BCUT2D eigenvalue weighted by Crippen LogP contribution is 2.11. The zero-order valence-corrected chi connectivity index (χ0v) is 14.6. The topological polar surface area (TPSA) is 41.6 Å². The lowest BCUT2D eigenvalue weighted by Gasteiger charge is -2.25. The number of thioether (sulfide) groups is 1. The average molecular weight is 345 g/mol. The largest absolute Gasteiger partial charge is 0.494 e. The molecular weight excluding hydrogens is 320 g/mol. The molecule has 0 bridgehead atoms. The summed E-state index contributed by atoms with van der Waals surface area (Å²) in [4.78, 5) is 13.9. The Morgan fingerprint density at radius 2 is 2.18 bits per heavy atom. The van der Waals surface area contributed by atoms with Crippen LogP contribution in [0.15, 0.2) is 30.3 Å². The zero-order valence-electron chi connectivity index (χ0n) is 13.0. The lowest BCUT2D eigenvalue weighted by atomic mass is 10.2. The fourth-order valence-electron chi connectivity index (χ4n) is 2.25. The van der Waals surface area contributed by atoms with Gasteiger partial charge in [-0.05, 0) is 18.6 Å². The van der Waals surface area contributed by atoms with Crippen LogP contribution in [0.25, 0.3) is 0 Å². The van der Waals surface area contributed by atoms with E-state index >= 15 is 0 Å². The molecule has 0 saturated carbocycles. The Bertz CT molecular complexity index is 427. The molecule has 1 fully saturated rings. The third-order valence-electron chi connectivity index (χ3n) is 3.50. The predicted octanol–water partition coefficient (Wildman–Crippen LogP) is 2.43. The van der Waals surface area contributed by atoms with Gasteiger partial charge in [0.1, 0.15) is 5.75 Å². The lowest BCUT2D eigenvalue weighted by molar-refractivity contribution is -0.130. The van der Waals surface area contributed by atoms with Crippen molar-refractivity contribution in [1.29, 1.82) is 0 Å². The summed E-state index contributed by atoms with van der Waals surface area (Å²) in [6.45, 7) is 2.39. The Kier molecular flexibility index (Phi) is 9.36. The van der Waals surface area contributed by atoms with Crippen molar-refractivity contribution < 1.29 is 9.53 Å². The first-order valence-corrected chi connectivity index (χ1v) is 8.64. The van der Waals surface area contributed by atoms with Crippen LogP contribution in [0, 0.1) is 0 Å². The van der Waals surface area contributed by atoms with Crippen LogP contribution in [-0.2, 0) is 4.79 Å². The van der Waals surface area contributed by atoms with Gasteiger partial charge in [0.15, 0.2) is 0 Å². The highest BCUT2D eigenvalue weighted by molar-refractivity contribution is 7.99. The molecule has 0 radical (unpaired) electrons. The molecule has 22 heavy (non-hydrogen) atoms. The number of hydrogen-bond donors (Lipinski definition) is 1. The van der Waals surface area contributed by atoms with Gasteiger partial charge in [-0.2, -0.15) is 11.8 Å². The third kappa shape index (κ3) is 6.90. The Morgan fingerprint density at radius 1 is 1.41 bits per heavy atom. The van der Waals surface area contributed by atoms with Crippen molar-refractivity contribution in [2.75, 3.05) is 38.2 Å². The standard InChI is InChI=1S/C16H24N2O2S.ClH/c1-18(16(19)12-14-13-21-11-8-17-14)9-5-10-20-15-6-3-2-4-7-15;/h2-4,6-7,14,17H,5,8-13H2,1H3;1H. The van der Waals surface area contributed by atoms with E-state index in [1.54, 1.807) is 0 Å². The molecule has 4 nitrogen and oxygen atoms in total. The van der Waals surface area contributed by atoms with E-state index in [2.05, 4.69) is 5.32 Å². The molecule has 1 aromatic carbocycles. The van der Waals surface area contributed by atoms with E-state index in [4.69, 9.17) is 4.74 Å². The summed E-state index contributed by atoms with van der Waals surface area (Å²) >= 11 is 1.92.